The molecule has 2 aliphatic heterocycles. The van der Waals surface area contributed by atoms with Crippen LogP contribution in [0.25, 0.3) is 0 Å². The van der Waals surface area contributed by atoms with Gasteiger partial charge in [0.15, 0.2) is 5.82 Å². The molecule has 0 amide bonds. The Morgan fingerprint density at radius 2 is 2.39 bits per heavy atom. The minimum absolute atomic E-state index is 0.0783. The summed E-state index contributed by atoms with van der Waals surface area (Å²) in [5.41, 5.74) is 0.114. The summed E-state index contributed by atoms with van der Waals surface area (Å²) >= 11 is 0. The molecule has 8 heteroatoms. The highest BCUT2D eigenvalue weighted by molar-refractivity contribution is 5.71. The Hall–Kier alpha value is -1.83. The van der Waals surface area contributed by atoms with E-state index in [-0.39, 0.29) is 24.8 Å². The van der Waals surface area contributed by atoms with Crippen LogP contribution in [0.4, 0.5) is 0 Å². The van der Waals surface area contributed by atoms with Crippen molar-refractivity contribution in [1.29, 1.82) is 0 Å². The Labute approximate surface area is 104 Å². The molecule has 0 aromatic carbocycles. The van der Waals surface area contributed by atoms with E-state index in [0.717, 1.165) is 0 Å². The maximum absolute atomic E-state index is 11.4. The first-order valence-electron chi connectivity index (χ1n) is 5.86. The molecule has 0 aromatic rings. The molecule has 2 rings (SSSR count). The maximum atomic E-state index is 11.4. The van der Waals surface area contributed by atoms with Crippen LogP contribution in [0.5, 0.6) is 0 Å². The minimum Gasteiger partial charge on any atom is -0.465 e. The Morgan fingerprint density at radius 3 is 3.06 bits per heavy atom. The van der Waals surface area contributed by atoms with Gasteiger partial charge in [0.2, 0.25) is 0 Å². The number of nitrogens with zero attached hydrogens (tertiary/aromatic N) is 3. The fourth-order valence-corrected chi connectivity index (χ4v) is 2.18. The molecule has 8 nitrogen and oxygen atoms in total. The van der Waals surface area contributed by atoms with Gasteiger partial charge in [0.05, 0.1) is 31.3 Å². The summed E-state index contributed by atoms with van der Waals surface area (Å²) < 4.78 is 4.85. The average Bonchev–Trinajstić information content (AvgIpc) is 2.75. The van der Waals surface area contributed by atoms with Crippen LogP contribution >= 0.6 is 0 Å². The first kappa shape index (κ1) is 12.6. The topological polar surface area (TPSA) is 87.9 Å². The number of nitrogens with one attached hydrogen (secondary N) is 1. The van der Waals surface area contributed by atoms with Gasteiger partial charge in [-0.05, 0) is 6.92 Å². The van der Waals surface area contributed by atoms with Gasteiger partial charge in [-0.3, -0.25) is 19.8 Å². The summed E-state index contributed by atoms with van der Waals surface area (Å²) in [7, 11) is 0. The van der Waals surface area contributed by atoms with E-state index < -0.39 is 4.92 Å². The van der Waals surface area contributed by atoms with Crippen molar-refractivity contribution in [2.24, 2.45) is 0 Å². The van der Waals surface area contributed by atoms with Gasteiger partial charge in [-0.1, -0.05) is 0 Å². The van der Waals surface area contributed by atoms with Gasteiger partial charge in [-0.2, -0.15) is 0 Å². The summed E-state index contributed by atoms with van der Waals surface area (Å²) in [5, 5.41) is 14.0. The first-order chi connectivity index (χ1) is 8.61. The van der Waals surface area contributed by atoms with Crippen molar-refractivity contribution in [2.75, 3.05) is 39.5 Å². The molecule has 2 aliphatic rings. The highest BCUT2D eigenvalue weighted by atomic mass is 16.6. The molecule has 100 valence electrons. The van der Waals surface area contributed by atoms with Gasteiger partial charge in [0, 0.05) is 13.1 Å². The third-order valence-electron chi connectivity index (χ3n) is 2.89. The van der Waals surface area contributed by atoms with Gasteiger partial charge in [0.25, 0.3) is 5.70 Å². The van der Waals surface area contributed by atoms with Gasteiger partial charge in [-0.25, -0.2) is 0 Å². The lowest BCUT2D eigenvalue weighted by Gasteiger charge is -2.31. The zero-order chi connectivity index (χ0) is 13.1. The number of carbonyl (C=O) groups is 1. The lowest BCUT2D eigenvalue weighted by atomic mass is 10.3. The highest BCUT2D eigenvalue weighted by Crippen LogP contribution is 2.20. The Bertz CT molecular complexity index is 395. The van der Waals surface area contributed by atoms with Crippen LogP contribution in [-0.2, 0) is 9.53 Å². The predicted octanol–water partition coefficient (Wildman–Crippen LogP) is -0.826. The van der Waals surface area contributed by atoms with Crippen LogP contribution in [0.1, 0.15) is 6.92 Å². The van der Waals surface area contributed by atoms with E-state index in [2.05, 4.69) is 5.32 Å². The predicted molar refractivity (Wildman–Crippen MR) is 61.8 cm³/mol. The largest absolute Gasteiger partial charge is 0.465 e. The van der Waals surface area contributed by atoms with Gasteiger partial charge >= 0.3 is 5.97 Å². The van der Waals surface area contributed by atoms with Crippen LogP contribution in [0.2, 0.25) is 0 Å². The normalized spacial score (nSPS) is 19.5. The second-order valence-corrected chi connectivity index (χ2v) is 4.18. The van der Waals surface area contributed by atoms with Gasteiger partial charge < -0.3 is 15.0 Å². The van der Waals surface area contributed by atoms with E-state index in [4.69, 9.17) is 4.74 Å². The fourth-order valence-electron chi connectivity index (χ4n) is 2.18. The third-order valence-corrected chi connectivity index (χ3v) is 2.89. The molecule has 0 atom stereocenters. The van der Waals surface area contributed by atoms with Crippen LogP contribution in [0.3, 0.4) is 0 Å². The van der Waals surface area contributed by atoms with E-state index in [1.54, 1.807) is 11.8 Å². The van der Waals surface area contributed by atoms with Crippen molar-refractivity contribution in [3.8, 4) is 0 Å². The number of esters is 1. The summed E-state index contributed by atoms with van der Waals surface area (Å²) in [6.07, 6.45) is 0. The van der Waals surface area contributed by atoms with Crippen molar-refractivity contribution in [3.05, 3.63) is 21.6 Å². The SMILES string of the molecule is CCOC(=O)CN1CC([N+](=O)[O-])=C2NCCN2C1. The molecule has 0 radical (unpaired) electrons. The summed E-state index contributed by atoms with van der Waals surface area (Å²) in [4.78, 5) is 25.6. The number of carbonyl (C=O) groups excluding carboxylic acids is 1. The lowest BCUT2D eigenvalue weighted by Crippen LogP contribution is -2.46. The third kappa shape index (κ3) is 2.53. The van der Waals surface area contributed by atoms with Crippen LogP contribution in [0, 0.1) is 10.1 Å². The second kappa shape index (κ2) is 5.21. The Morgan fingerprint density at radius 1 is 1.61 bits per heavy atom. The van der Waals surface area contributed by atoms with Gasteiger partial charge in [0.1, 0.15) is 0 Å². The molecular formula is C10H16N4O4. The molecule has 1 saturated heterocycles. The second-order valence-electron chi connectivity index (χ2n) is 4.18. The van der Waals surface area contributed by atoms with Crippen LogP contribution in [0.15, 0.2) is 11.5 Å². The molecule has 0 aromatic heterocycles. The number of nitro groups is 1. The number of hydrogen-bond donors (Lipinski definition) is 1. The van der Waals surface area contributed by atoms with Crippen molar-refractivity contribution < 1.29 is 14.5 Å². The number of fused-ring (bicyclic) bond motifs is 1. The number of ether oxygens (including phenoxy) is 1. The van der Waals surface area contributed by atoms with Crippen molar-refractivity contribution in [1.82, 2.24) is 15.1 Å². The van der Waals surface area contributed by atoms with Crippen molar-refractivity contribution in [2.45, 2.75) is 6.92 Å². The van der Waals surface area contributed by atoms with Crippen molar-refractivity contribution >= 4 is 5.97 Å². The molecule has 0 bridgehead atoms. The highest BCUT2D eigenvalue weighted by Gasteiger charge is 2.35. The summed E-state index contributed by atoms with van der Waals surface area (Å²) in [6.45, 7) is 4.21. The molecule has 0 saturated carbocycles. The fraction of sp³-hybridized carbons (Fsp3) is 0.700. The van der Waals surface area contributed by atoms with E-state index >= 15 is 0 Å². The molecular weight excluding hydrogens is 240 g/mol. The minimum atomic E-state index is -0.391. The smallest absolute Gasteiger partial charge is 0.320 e. The van der Waals surface area contributed by atoms with Gasteiger partial charge in [-0.15, -0.1) is 0 Å². The zero-order valence-electron chi connectivity index (χ0n) is 10.2. The molecule has 18 heavy (non-hydrogen) atoms. The first-order valence-corrected chi connectivity index (χ1v) is 5.86. The average molecular weight is 256 g/mol. The molecule has 0 aliphatic carbocycles. The Balaban J connectivity index is 2.06. The van der Waals surface area contributed by atoms with Crippen LogP contribution in [-0.4, -0.2) is 60.1 Å². The van der Waals surface area contributed by atoms with E-state index in [0.29, 0.717) is 32.2 Å². The molecule has 0 spiro atoms. The lowest BCUT2D eigenvalue weighted by molar-refractivity contribution is -0.432. The molecule has 1 N–H and O–H groups in total. The van der Waals surface area contributed by atoms with E-state index in [1.807, 2.05) is 4.90 Å². The number of rotatable bonds is 4. The maximum Gasteiger partial charge on any atom is 0.320 e. The standard InChI is InChI=1S/C10H16N4O4/c1-2-18-9(15)6-12-5-8(14(16)17)10-11-3-4-13(10)7-12/h11H,2-7H2,1H3. The Kier molecular flexibility index (Phi) is 3.66. The zero-order valence-corrected chi connectivity index (χ0v) is 10.2. The molecule has 2 heterocycles. The van der Waals surface area contributed by atoms with E-state index in [9.17, 15) is 14.9 Å². The molecule has 1 fully saturated rings. The number of hydrogen-bond acceptors (Lipinski definition) is 7. The molecule has 0 unspecified atom stereocenters. The van der Waals surface area contributed by atoms with E-state index in [1.165, 1.54) is 0 Å². The van der Waals surface area contributed by atoms with Crippen molar-refractivity contribution in [3.63, 3.8) is 0 Å². The monoisotopic (exact) mass is 256 g/mol. The quantitative estimate of drug-likeness (QED) is 0.399. The summed E-state index contributed by atoms with van der Waals surface area (Å²) in [5.74, 6) is 0.232. The summed E-state index contributed by atoms with van der Waals surface area (Å²) in [6, 6.07) is 0. The van der Waals surface area contributed by atoms with Crippen LogP contribution < -0.4 is 5.32 Å².